The molecule has 2 rings (SSSR count). The molecule has 1 aliphatic carbocycles. The van der Waals surface area contributed by atoms with Crippen molar-refractivity contribution in [2.24, 2.45) is 5.92 Å². The molecular weight excluding hydrogens is 266 g/mol. The molecule has 2 atom stereocenters. The standard InChI is InChI=1S/C17H25NO3/c19-12-15-8-4-5-9-16(15)18-17(20)13-21-11-10-14-6-2-1-3-7-14/h1-3,6-7,15-16,19H,4-5,8-13H2,(H,18,20). The highest BCUT2D eigenvalue weighted by molar-refractivity contribution is 5.77. The van der Waals surface area contributed by atoms with E-state index in [1.165, 1.54) is 5.56 Å². The van der Waals surface area contributed by atoms with Crippen LogP contribution < -0.4 is 5.32 Å². The molecule has 116 valence electrons. The molecule has 2 N–H and O–H groups in total. The third-order valence-corrected chi connectivity index (χ3v) is 4.10. The van der Waals surface area contributed by atoms with Crippen LogP contribution in [0.25, 0.3) is 0 Å². The fourth-order valence-electron chi connectivity index (χ4n) is 2.86. The quantitative estimate of drug-likeness (QED) is 0.755. The number of aliphatic hydroxyl groups excluding tert-OH is 1. The van der Waals surface area contributed by atoms with E-state index in [4.69, 9.17) is 4.74 Å². The molecule has 0 aromatic heterocycles. The molecule has 0 spiro atoms. The monoisotopic (exact) mass is 291 g/mol. The number of amides is 1. The number of ether oxygens (including phenoxy) is 1. The summed E-state index contributed by atoms with van der Waals surface area (Å²) in [5.74, 6) is 0.125. The number of rotatable bonds is 7. The summed E-state index contributed by atoms with van der Waals surface area (Å²) < 4.78 is 5.44. The van der Waals surface area contributed by atoms with Gasteiger partial charge in [0.05, 0.1) is 6.61 Å². The van der Waals surface area contributed by atoms with Gasteiger partial charge < -0.3 is 15.2 Å². The molecule has 0 aliphatic heterocycles. The van der Waals surface area contributed by atoms with Crippen molar-refractivity contribution < 1.29 is 14.6 Å². The molecule has 2 unspecified atom stereocenters. The van der Waals surface area contributed by atoms with Crippen LogP contribution in [-0.4, -0.2) is 36.9 Å². The van der Waals surface area contributed by atoms with Gasteiger partial charge in [-0.25, -0.2) is 0 Å². The Bertz CT molecular complexity index is 421. The topological polar surface area (TPSA) is 58.6 Å². The summed E-state index contributed by atoms with van der Waals surface area (Å²) >= 11 is 0. The fraction of sp³-hybridized carbons (Fsp3) is 0.588. The molecule has 0 bridgehead atoms. The van der Waals surface area contributed by atoms with Crippen LogP contribution >= 0.6 is 0 Å². The van der Waals surface area contributed by atoms with Crippen molar-refractivity contribution in [2.75, 3.05) is 19.8 Å². The first-order valence-corrected chi connectivity index (χ1v) is 7.81. The van der Waals surface area contributed by atoms with E-state index in [9.17, 15) is 9.90 Å². The van der Waals surface area contributed by atoms with Crippen molar-refractivity contribution in [3.63, 3.8) is 0 Å². The predicted molar refractivity (Wildman–Crippen MR) is 81.9 cm³/mol. The number of nitrogens with one attached hydrogen (secondary N) is 1. The van der Waals surface area contributed by atoms with E-state index < -0.39 is 0 Å². The lowest BCUT2D eigenvalue weighted by molar-refractivity contribution is -0.127. The maximum absolute atomic E-state index is 11.9. The Morgan fingerprint density at radius 3 is 2.76 bits per heavy atom. The molecule has 0 saturated heterocycles. The second-order valence-corrected chi connectivity index (χ2v) is 5.69. The Morgan fingerprint density at radius 2 is 2.00 bits per heavy atom. The van der Waals surface area contributed by atoms with E-state index in [1.54, 1.807) is 0 Å². The van der Waals surface area contributed by atoms with Gasteiger partial charge in [-0.15, -0.1) is 0 Å². The Kier molecular flexibility index (Phi) is 6.70. The number of benzene rings is 1. The summed E-state index contributed by atoms with van der Waals surface area (Å²) in [5, 5.41) is 12.3. The molecular formula is C17H25NO3. The highest BCUT2D eigenvalue weighted by Crippen LogP contribution is 2.23. The Morgan fingerprint density at radius 1 is 1.24 bits per heavy atom. The largest absolute Gasteiger partial charge is 0.396 e. The van der Waals surface area contributed by atoms with Crippen LogP contribution in [0.4, 0.5) is 0 Å². The highest BCUT2D eigenvalue weighted by atomic mass is 16.5. The smallest absolute Gasteiger partial charge is 0.246 e. The van der Waals surface area contributed by atoms with Crippen molar-refractivity contribution in [2.45, 2.75) is 38.1 Å². The average molecular weight is 291 g/mol. The zero-order chi connectivity index (χ0) is 14.9. The zero-order valence-electron chi connectivity index (χ0n) is 12.5. The van der Waals surface area contributed by atoms with Crippen LogP contribution in [-0.2, 0) is 16.0 Å². The van der Waals surface area contributed by atoms with Crippen LogP contribution in [0.15, 0.2) is 30.3 Å². The second-order valence-electron chi connectivity index (χ2n) is 5.69. The van der Waals surface area contributed by atoms with Gasteiger partial charge >= 0.3 is 0 Å². The molecule has 1 aromatic carbocycles. The maximum atomic E-state index is 11.9. The van der Waals surface area contributed by atoms with Crippen molar-refractivity contribution in [3.05, 3.63) is 35.9 Å². The summed E-state index contributed by atoms with van der Waals surface area (Å²) in [6.45, 7) is 0.798. The Hall–Kier alpha value is -1.39. The minimum Gasteiger partial charge on any atom is -0.396 e. The van der Waals surface area contributed by atoms with Gasteiger partial charge in [-0.3, -0.25) is 4.79 Å². The number of aliphatic hydroxyl groups is 1. The minimum atomic E-state index is -0.0755. The van der Waals surface area contributed by atoms with Gasteiger partial charge in [0, 0.05) is 18.6 Å². The highest BCUT2D eigenvalue weighted by Gasteiger charge is 2.25. The molecule has 1 fully saturated rings. The van der Waals surface area contributed by atoms with E-state index >= 15 is 0 Å². The van der Waals surface area contributed by atoms with Gasteiger partial charge in [0.15, 0.2) is 0 Å². The van der Waals surface area contributed by atoms with Crippen LogP contribution in [0, 0.1) is 5.92 Å². The zero-order valence-corrected chi connectivity index (χ0v) is 12.5. The van der Waals surface area contributed by atoms with E-state index in [1.807, 2.05) is 18.2 Å². The number of hydrogen-bond acceptors (Lipinski definition) is 3. The van der Waals surface area contributed by atoms with Crippen molar-refractivity contribution in [1.82, 2.24) is 5.32 Å². The summed E-state index contributed by atoms with van der Waals surface area (Å²) in [6.07, 6.45) is 5.04. The first-order valence-electron chi connectivity index (χ1n) is 7.81. The first-order chi connectivity index (χ1) is 10.3. The SMILES string of the molecule is O=C(COCCc1ccccc1)NC1CCCCC1CO. The lowest BCUT2D eigenvalue weighted by atomic mass is 9.85. The summed E-state index contributed by atoms with van der Waals surface area (Å²) in [7, 11) is 0. The molecule has 21 heavy (non-hydrogen) atoms. The molecule has 4 nitrogen and oxygen atoms in total. The molecule has 1 aromatic rings. The molecule has 0 heterocycles. The van der Waals surface area contributed by atoms with E-state index in [0.717, 1.165) is 32.1 Å². The summed E-state index contributed by atoms with van der Waals surface area (Å²) in [4.78, 5) is 11.9. The maximum Gasteiger partial charge on any atom is 0.246 e. The lowest BCUT2D eigenvalue weighted by Crippen LogP contribution is -2.44. The molecule has 4 heteroatoms. The van der Waals surface area contributed by atoms with Gasteiger partial charge in [-0.1, -0.05) is 43.2 Å². The van der Waals surface area contributed by atoms with E-state index in [2.05, 4.69) is 17.4 Å². The van der Waals surface area contributed by atoms with Crippen LogP contribution in [0.5, 0.6) is 0 Å². The second kappa shape index (κ2) is 8.80. The van der Waals surface area contributed by atoms with Crippen molar-refractivity contribution in [1.29, 1.82) is 0 Å². The van der Waals surface area contributed by atoms with Gasteiger partial charge in [0.1, 0.15) is 6.61 Å². The third kappa shape index (κ3) is 5.48. The van der Waals surface area contributed by atoms with Gasteiger partial charge in [-0.05, 0) is 24.8 Å². The molecule has 1 saturated carbocycles. The molecule has 1 amide bonds. The van der Waals surface area contributed by atoms with Gasteiger partial charge in [-0.2, -0.15) is 0 Å². The minimum absolute atomic E-state index is 0.0755. The van der Waals surface area contributed by atoms with Crippen LogP contribution in [0.3, 0.4) is 0 Å². The number of carbonyl (C=O) groups excluding carboxylic acids is 1. The number of carbonyl (C=O) groups is 1. The first kappa shape index (κ1) is 16.0. The third-order valence-electron chi connectivity index (χ3n) is 4.10. The Balaban J connectivity index is 1.63. The normalized spacial score (nSPS) is 22.0. The van der Waals surface area contributed by atoms with Crippen molar-refractivity contribution in [3.8, 4) is 0 Å². The number of hydrogen-bond donors (Lipinski definition) is 2. The van der Waals surface area contributed by atoms with E-state index in [0.29, 0.717) is 6.61 Å². The summed E-state index contributed by atoms with van der Waals surface area (Å²) in [6, 6.07) is 10.2. The average Bonchev–Trinajstić information content (AvgIpc) is 2.53. The predicted octanol–water partition coefficient (Wildman–Crippen LogP) is 1.91. The molecule has 0 radical (unpaired) electrons. The van der Waals surface area contributed by atoms with Gasteiger partial charge in [0.25, 0.3) is 0 Å². The van der Waals surface area contributed by atoms with Gasteiger partial charge in [0.2, 0.25) is 5.91 Å². The van der Waals surface area contributed by atoms with E-state index in [-0.39, 0.29) is 31.1 Å². The Labute approximate surface area is 126 Å². The van der Waals surface area contributed by atoms with Crippen LogP contribution in [0.1, 0.15) is 31.2 Å². The fourth-order valence-corrected chi connectivity index (χ4v) is 2.86. The lowest BCUT2D eigenvalue weighted by Gasteiger charge is -2.30. The molecule has 1 aliphatic rings. The summed E-state index contributed by atoms with van der Waals surface area (Å²) in [5.41, 5.74) is 1.21. The van der Waals surface area contributed by atoms with Crippen LogP contribution in [0.2, 0.25) is 0 Å². The van der Waals surface area contributed by atoms with Crippen molar-refractivity contribution >= 4 is 5.91 Å².